The minimum atomic E-state index is 0.715. The van der Waals surface area contributed by atoms with Gasteiger partial charge < -0.3 is 9.47 Å². The summed E-state index contributed by atoms with van der Waals surface area (Å²) in [5, 5.41) is 8.04. The second-order valence-corrected chi connectivity index (χ2v) is 3.66. The first-order valence-corrected chi connectivity index (χ1v) is 5.06. The Bertz CT molecular complexity index is 464. The van der Waals surface area contributed by atoms with Crippen LogP contribution in [0.3, 0.4) is 0 Å². The van der Waals surface area contributed by atoms with Gasteiger partial charge >= 0.3 is 0 Å². The number of nitrogens with zero attached hydrogens (tertiary/aromatic N) is 2. The van der Waals surface area contributed by atoms with Gasteiger partial charge in [-0.2, -0.15) is 10.2 Å². The average Bonchev–Trinajstić information content (AvgIpc) is 2.47. The van der Waals surface area contributed by atoms with E-state index in [1.54, 1.807) is 20.4 Å². The van der Waals surface area contributed by atoms with Gasteiger partial charge in [-0.25, -0.2) is 0 Å². The SMILES string of the molecule is COc1cc2c(cc1OC)CC(C)=NN=C2. The molecule has 2 rings (SSSR count). The molecule has 1 aromatic rings. The van der Waals surface area contributed by atoms with Crippen molar-refractivity contribution in [2.45, 2.75) is 13.3 Å². The van der Waals surface area contributed by atoms with Crippen molar-refractivity contribution >= 4 is 11.9 Å². The van der Waals surface area contributed by atoms with Crippen LogP contribution < -0.4 is 9.47 Å². The van der Waals surface area contributed by atoms with E-state index in [4.69, 9.17) is 9.47 Å². The van der Waals surface area contributed by atoms with Crippen LogP contribution in [0.4, 0.5) is 0 Å². The van der Waals surface area contributed by atoms with E-state index < -0.39 is 0 Å². The van der Waals surface area contributed by atoms with Gasteiger partial charge in [0.05, 0.1) is 20.4 Å². The molecule has 0 atom stereocenters. The summed E-state index contributed by atoms with van der Waals surface area (Å²) < 4.78 is 10.5. The molecule has 16 heavy (non-hydrogen) atoms. The quantitative estimate of drug-likeness (QED) is 0.762. The van der Waals surface area contributed by atoms with E-state index in [1.165, 1.54) is 0 Å². The van der Waals surface area contributed by atoms with E-state index in [9.17, 15) is 0 Å². The molecule has 4 nitrogen and oxygen atoms in total. The minimum Gasteiger partial charge on any atom is -0.493 e. The highest BCUT2D eigenvalue weighted by Crippen LogP contribution is 2.30. The Morgan fingerprint density at radius 2 is 1.81 bits per heavy atom. The Balaban J connectivity index is 2.51. The van der Waals surface area contributed by atoms with Crippen molar-refractivity contribution in [3.05, 3.63) is 23.3 Å². The molecule has 1 heterocycles. The van der Waals surface area contributed by atoms with Crippen LogP contribution in [0.2, 0.25) is 0 Å². The van der Waals surface area contributed by atoms with Gasteiger partial charge in [0, 0.05) is 17.7 Å². The van der Waals surface area contributed by atoms with Gasteiger partial charge in [-0.05, 0) is 24.6 Å². The lowest BCUT2D eigenvalue weighted by Gasteiger charge is -2.11. The Labute approximate surface area is 94.6 Å². The molecule has 1 aromatic carbocycles. The fourth-order valence-electron chi connectivity index (χ4n) is 1.71. The highest BCUT2D eigenvalue weighted by Gasteiger charge is 2.12. The molecule has 0 amide bonds. The van der Waals surface area contributed by atoms with Crippen molar-refractivity contribution in [3.8, 4) is 11.5 Å². The zero-order chi connectivity index (χ0) is 11.5. The number of ether oxygens (including phenoxy) is 2. The van der Waals surface area contributed by atoms with Crippen molar-refractivity contribution < 1.29 is 9.47 Å². The van der Waals surface area contributed by atoms with E-state index in [2.05, 4.69) is 10.2 Å². The maximum Gasteiger partial charge on any atom is 0.161 e. The number of hydrogen-bond acceptors (Lipinski definition) is 4. The standard InChI is InChI=1S/C12H14N2O2/c1-8-4-9-5-11(15-2)12(16-3)6-10(9)7-13-14-8/h5-7H,4H2,1-3H3. The molecule has 0 aromatic heterocycles. The number of methoxy groups -OCH3 is 2. The Kier molecular flexibility index (Phi) is 2.90. The average molecular weight is 218 g/mol. The molecule has 84 valence electrons. The Morgan fingerprint density at radius 3 is 2.50 bits per heavy atom. The van der Waals surface area contributed by atoms with Crippen LogP contribution >= 0.6 is 0 Å². The third kappa shape index (κ3) is 1.91. The smallest absolute Gasteiger partial charge is 0.161 e. The second kappa shape index (κ2) is 4.35. The van der Waals surface area contributed by atoms with Crippen LogP contribution in [0.25, 0.3) is 0 Å². The summed E-state index contributed by atoms with van der Waals surface area (Å²) in [7, 11) is 3.26. The first-order chi connectivity index (χ1) is 7.74. The normalized spacial score (nSPS) is 13.8. The summed E-state index contributed by atoms with van der Waals surface area (Å²) in [5.74, 6) is 1.46. The molecule has 0 radical (unpaired) electrons. The molecular formula is C12H14N2O2. The van der Waals surface area contributed by atoms with Gasteiger partial charge in [0.15, 0.2) is 11.5 Å². The molecule has 0 fully saturated rings. The fraction of sp³-hybridized carbons (Fsp3) is 0.333. The van der Waals surface area contributed by atoms with Gasteiger partial charge in [0.2, 0.25) is 0 Å². The molecule has 0 spiro atoms. The van der Waals surface area contributed by atoms with E-state index in [0.717, 1.165) is 29.0 Å². The third-order valence-corrected chi connectivity index (χ3v) is 2.52. The maximum absolute atomic E-state index is 5.27. The van der Waals surface area contributed by atoms with Crippen molar-refractivity contribution in [2.75, 3.05) is 14.2 Å². The van der Waals surface area contributed by atoms with Crippen LogP contribution in [0.5, 0.6) is 11.5 Å². The summed E-state index contributed by atoms with van der Waals surface area (Å²) in [6.07, 6.45) is 2.53. The van der Waals surface area contributed by atoms with Gasteiger partial charge in [-0.1, -0.05) is 0 Å². The zero-order valence-electron chi connectivity index (χ0n) is 9.65. The summed E-state index contributed by atoms with van der Waals surface area (Å²) in [5.41, 5.74) is 3.17. The third-order valence-electron chi connectivity index (χ3n) is 2.52. The van der Waals surface area contributed by atoms with Gasteiger partial charge in [0.1, 0.15) is 0 Å². The number of hydrogen-bond donors (Lipinski definition) is 0. The summed E-state index contributed by atoms with van der Waals surface area (Å²) in [6.45, 7) is 1.96. The van der Waals surface area contributed by atoms with Crippen LogP contribution in [0.1, 0.15) is 18.1 Å². The van der Waals surface area contributed by atoms with E-state index in [1.807, 2.05) is 19.1 Å². The fourth-order valence-corrected chi connectivity index (χ4v) is 1.71. The van der Waals surface area contributed by atoms with Gasteiger partial charge in [-0.3, -0.25) is 0 Å². The Morgan fingerprint density at radius 1 is 1.12 bits per heavy atom. The molecule has 0 unspecified atom stereocenters. The van der Waals surface area contributed by atoms with Crippen molar-refractivity contribution in [1.29, 1.82) is 0 Å². The summed E-state index contributed by atoms with van der Waals surface area (Å²) in [4.78, 5) is 0. The molecule has 4 heteroatoms. The lowest BCUT2D eigenvalue weighted by Crippen LogP contribution is -2.01. The Hall–Kier alpha value is -1.84. The van der Waals surface area contributed by atoms with E-state index >= 15 is 0 Å². The van der Waals surface area contributed by atoms with E-state index in [0.29, 0.717) is 5.75 Å². The van der Waals surface area contributed by atoms with Crippen LogP contribution in [-0.2, 0) is 6.42 Å². The molecule has 0 bridgehead atoms. The predicted octanol–water partition coefficient (Wildman–Crippen LogP) is 2.05. The first-order valence-electron chi connectivity index (χ1n) is 5.06. The topological polar surface area (TPSA) is 43.2 Å². The van der Waals surface area contributed by atoms with Crippen molar-refractivity contribution in [1.82, 2.24) is 0 Å². The van der Waals surface area contributed by atoms with Crippen LogP contribution in [0, 0.1) is 0 Å². The lowest BCUT2D eigenvalue weighted by atomic mass is 10.0. The zero-order valence-corrected chi connectivity index (χ0v) is 9.65. The lowest BCUT2D eigenvalue weighted by molar-refractivity contribution is 0.354. The molecule has 0 N–H and O–H groups in total. The van der Waals surface area contributed by atoms with Gasteiger partial charge in [-0.15, -0.1) is 0 Å². The second-order valence-electron chi connectivity index (χ2n) is 3.66. The molecule has 1 aliphatic heterocycles. The minimum absolute atomic E-state index is 0.715. The molecular weight excluding hydrogens is 204 g/mol. The highest BCUT2D eigenvalue weighted by atomic mass is 16.5. The maximum atomic E-state index is 5.27. The van der Waals surface area contributed by atoms with Crippen molar-refractivity contribution in [2.24, 2.45) is 10.2 Å². The summed E-state index contributed by atoms with van der Waals surface area (Å²) >= 11 is 0. The largest absolute Gasteiger partial charge is 0.493 e. The first kappa shape index (κ1) is 10.7. The monoisotopic (exact) mass is 218 g/mol. The number of fused-ring (bicyclic) bond motifs is 1. The van der Waals surface area contributed by atoms with Crippen LogP contribution in [0.15, 0.2) is 22.3 Å². The van der Waals surface area contributed by atoms with E-state index in [-0.39, 0.29) is 0 Å². The molecule has 0 saturated carbocycles. The number of rotatable bonds is 2. The molecule has 1 aliphatic rings. The molecule has 0 aliphatic carbocycles. The summed E-state index contributed by atoms with van der Waals surface area (Å²) in [6, 6.07) is 3.90. The molecule has 0 saturated heterocycles. The van der Waals surface area contributed by atoms with Crippen molar-refractivity contribution in [3.63, 3.8) is 0 Å². The van der Waals surface area contributed by atoms with Gasteiger partial charge in [0.25, 0.3) is 0 Å². The highest BCUT2D eigenvalue weighted by molar-refractivity contribution is 5.92. The number of benzene rings is 1. The van der Waals surface area contributed by atoms with Crippen LogP contribution in [-0.4, -0.2) is 26.1 Å². The predicted molar refractivity (Wildman–Crippen MR) is 64.0 cm³/mol.